The average molecular weight is 513 g/mol. The lowest BCUT2D eigenvalue weighted by atomic mass is 10.1. The molecule has 1 saturated heterocycles. The molecule has 0 spiro atoms. The summed E-state index contributed by atoms with van der Waals surface area (Å²) in [6.07, 6.45) is 9.48. The molecule has 7 nitrogen and oxygen atoms in total. The molecule has 0 radical (unpaired) electrons. The monoisotopic (exact) mass is 512 g/mol. The number of benzene rings is 1. The molecule has 0 bridgehead atoms. The molecular weight excluding hydrogens is 476 g/mol. The summed E-state index contributed by atoms with van der Waals surface area (Å²) in [6.45, 7) is 4.46. The van der Waals surface area contributed by atoms with Gasteiger partial charge in [0.2, 0.25) is 5.91 Å². The molecule has 1 aliphatic heterocycles. The van der Waals surface area contributed by atoms with Crippen molar-refractivity contribution in [3.05, 3.63) is 59.4 Å². The number of rotatable bonds is 15. The molecule has 1 aromatic heterocycles. The van der Waals surface area contributed by atoms with Gasteiger partial charge in [-0.05, 0) is 48.6 Å². The maximum Gasteiger partial charge on any atom is 0.307 e. The summed E-state index contributed by atoms with van der Waals surface area (Å²) in [5, 5.41) is -0.893. The largest absolute Gasteiger partial charge is 0.493 e. The summed E-state index contributed by atoms with van der Waals surface area (Å²) in [6, 6.07) is 11.7. The molecule has 1 atom stereocenters. The van der Waals surface area contributed by atoms with E-state index in [0.717, 1.165) is 78.6 Å². The summed E-state index contributed by atoms with van der Waals surface area (Å²) < 4.78 is 11.0. The van der Waals surface area contributed by atoms with Crippen molar-refractivity contribution in [3.63, 3.8) is 0 Å². The smallest absolute Gasteiger partial charge is 0.307 e. The molecule has 2 heterocycles. The van der Waals surface area contributed by atoms with E-state index in [4.69, 9.17) is 9.47 Å². The lowest BCUT2D eigenvalue weighted by Crippen LogP contribution is -2.35. The van der Waals surface area contributed by atoms with Gasteiger partial charge in [0, 0.05) is 24.7 Å². The molecule has 8 heteroatoms. The number of esters is 1. The number of aryl methyl sites for hydroxylation is 1. The molecule has 36 heavy (non-hydrogen) atoms. The van der Waals surface area contributed by atoms with Crippen LogP contribution < -0.4 is 4.74 Å². The van der Waals surface area contributed by atoms with Crippen LogP contribution in [0.15, 0.2) is 42.6 Å². The average Bonchev–Trinajstić information content (AvgIpc) is 3.15. The first-order chi connectivity index (χ1) is 17.5. The predicted octanol–water partition coefficient (Wildman–Crippen LogP) is 5.73. The van der Waals surface area contributed by atoms with E-state index in [1.807, 2.05) is 36.5 Å². The third-order valence-corrected chi connectivity index (χ3v) is 7.18. The van der Waals surface area contributed by atoms with E-state index in [1.54, 1.807) is 0 Å². The van der Waals surface area contributed by atoms with Crippen molar-refractivity contribution in [1.82, 2.24) is 9.88 Å². The van der Waals surface area contributed by atoms with Crippen LogP contribution in [0.25, 0.3) is 0 Å². The van der Waals surface area contributed by atoms with Gasteiger partial charge in [-0.1, -0.05) is 69.5 Å². The summed E-state index contributed by atoms with van der Waals surface area (Å²) in [4.78, 5) is 42.4. The van der Waals surface area contributed by atoms with E-state index in [0.29, 0.717) is 19.4 Å². The fourth-order valence-corrected chi connectivity index (χ4v) is 4.87. The molecule has 194 valence electrons. The van der Waals surface area contributed by atoms with Crippen LogP contribution in [-0.2, 0) is 33.6 Å². The Morgan fingerprint density at radius 3 is 2.44 bits per heavy atom. The summed E-state index contributed by atoms with van der Waals surface area (Å²) in [7, 11) is 0. The highest BCUT2D eigenvalue weighted by molar-refractivity contribution is 8.15. The van der Waals surface area contributed by atoms with Crippen LogP contribution in [0.1, 0.15) is 69.2 Å². The van der Waals surface area contributed by atoms with Crippen LogP contribution in [-0.4, -0.2) is 45.6 Å². The maximum absolute atomic E-state index is 12.7. The molecule has 1 unspecified atom stereocenters. The molecular formula is C28H36N2O5S. The van der Waals surface area contributed by atoms with Crippen LogP contribution in [0.5, 0.6) is 5.75 Å². The lowest BCUT2D eigenvalue weighted by Gasteiger charge is -2.14. The Morgan fingerprint density at radius 1 is 1.00 bits per heavy atom. The number of thioether (sulfide) groups is 1. The van der Waals surface area contributed by atoms with Gasteiger partial charge in [0.1, 0.15) is 5.75 Å². The molecule has 0 aliphatic carbocycles. The van der Waals surface area contributed by atoms with Gasteiger partial charge in [-0.3, -0.25) is 19.4 Å². The Bertz CT molecular complexity index is 994. The van der Waals surface area contributed by atoms with Gasteiger partial charge in [-0.15, -0.1) is 0 Å². The zero-order chi connectivity index (χ0) is 25.8. The molecule has 2 aromatic rings. The summed E-state index contributed by atoms with van der Waals surface area (Å²) in [5.41, 5.74) is 3.14. The predicted molar refractivity (Wildman–Crippen MR) is 141 cm³/mol. The molecule has 1 aromatic carbocycles. The number of amides is 2. The standard InChI is InChI=1S/C28H36N2O5S/c1-3-5-6-7-8-9-26(31)35-20-30-27(32)25(36-28(30)33)18-22-11-14-24(15-12-22)34-17-16-23-13-10-21(4-2)19-29-23/h10-15,19,25H,3-9,16-18,20H2,1-2H3. The quantitative estimate of drug-likeness (QED) is 0.222. The van der Waals surface area contributed by atoms with Gasteiger partial charge in [0.15, 0.2) is 6.73 Å². The van der Waals surface area contributed by atoms with E-state index >= 15 is 0 Å². The Labute approximate surface area is 218 Å². The minimum atomic E-state index is -0.519. The Morgan fingerprint density at radius 2 is 1.75 bits per heavy atom. The number of nitrogens with zero attached hydrogens (tertiary/aromatic N) is 2. The Hall–Kier alpha value is -2.87. The number of imide groups is 1. The minimum absolute atomic E-state index is 0.308. The first-order valence-electron chi connectivity index (χ1n) is 12.8. The molecule has 1 aliphatic rings. The van der Waals surface area contributed by atoms with E-state index in [2.05, 4.69) is 24.9 Å². The number of hydrogen-bond acceptors (Lipinski definition) is 7. The normalized spacial score (nSPS) is 15.4. The number of hydrogen-bond donors (Lipinski definition) is 0. The van der Waals surface area contributed by atoms with E-state index in [-0.39, 0.29) is 23.8 Å². The van der Waals surface area contributed by atoms with Crippen molar-refractivity contribution in [2.45, 2.75) is 76.9 Å². The number of pyridine rings is 1. The second kappa shape index (κ2) is 14.6. The minimum Gasteiger partial charge on any atom is -0.493 e. The van der Waals surface area contributed by atoms with E-state index < -0.39 is 5.25 Å². The van der Waals surface area contributed by atoms with Crippen molar-refractivity contribution in [1.29, 1.82) is 0 Å². The van der Waals surface area contributed by atoms with Gasteiger partial charge in [-0.25, -0.2) is 4.90 Å². The molecule has 0 saturated carbocycles. The lowest BCUT2D eigenvalue weighted by molar-refractivity contribution is -0.149. The van der Waals surface area contributed by atoms with Crippen LogP contribution in [0.4, 0.5) is 4.79 Å². The fraction of sp³-hybridized carbons (Fsp3) is 0.500. The number of carbonyl (C=O) groups excluding carboxylic acids is 3. The van der Waals surface area contributed by atoms with Gasteiger partial charge < -0.3 is 9.47 Å². The molecule has 3 rings (SSSR count). The zero-order valence-electron chi connectivity index (χ0n) is 21.2. The van der Waals surface area contributed by atoms with Crippen molar-refractivity contribution >= 4 is 28.9 Å². The van der Waals surface area contributed by atoms with Crippen molar-refractivity contribution in [2.75, 3.05) is 13.3 Å². The second-order valence-electron chi connectivity index (χ2n) is 8.91. The topological polar surface area (TPSA) is 85.8 Å². The van der Waals surface area contributed by atoms with Crippen LogP contribution in [0, 0.1) is 0 Å². The van der Waals surface area contributed by atoms with E-state index in [9.17, 15) is 14.4 Å². The van der Waals surface area contributed by atoms with Gasteiger partial charge in [0.05, 0.1) is 11.9 Å². The molecule has 2 amide bonds. The van der Waals surface area contributed by atoms with Gasteiger partial charge in [-0.2, -0.15) is 0 Å². The summed E-state index contributed by atoms with van der Waals surface area (Å²) in [5.74, 6) is 0.0567. The van der Waals surface area contributed by atoms with Crippen LogP contribution in [0.2, 0.25) is 0 Å². The van der Waals surface area contributed by atoms with Crippen molar-refractivity contribution in [2.24, 2.45) is 0 Å². The SMILES string of the molecule is CCCCCCCC(=O)OCN1C(=O)SC(Cc2ccc(OCCc3ccc(CC)cn3)cc2)C1=O. The van der Waals surface area contributed by atoms with Crippen LogP contribution in [0.3, 0.4) is 0 Å². The van der Waals surface area contributed by atoms with Crippen molar-refractivity contribution in [3.8, 4) is 5.75 Å². The number of ether oxygens (including phenoxy) is 2. The zero-order valence-corrected chi connectivity index (χ0v) is 22.1. The number of unbranched alkanes of at least 4 members (excludes halogenated alkanes) is 4. The second-order valence-corrected chi connectivity index (χ2v) is 10.1. The fourth-order valence-electron chi connectivity index (χ4n) is 3.85. The highest BCUT2D eigenvalue weighted by atomic mass is 32.2. The highest BCUT2D eigenvalue weighted by Crippen LogP contribution is 2.30. The summed E-state index contributed by atoms with van der Waals surface area (Å²) >= 11 is 0.981. The van der Waals surface area contributed by atoms with E-state index in [1.165, 1.54) is 5.56 Å². The van der Waals surface area contributed by atoms with Crippen molar-refractivity contribution < 1.29 is 23.9 Å². The molecule has 1 fully saturated rings. The third-order valence-electron chi connectivity index (χ3n) is 6.11. The Kier molecular flexibility index (Phi) is 11.3. The number of carbonyl (C=O) groups is 3. The van der Waals surface area contributed by atoms with Gasteiger partial charge >= 0.3 is 5.97 Å². The first-order valence-corrected chi connectivity index (χ1v) is 13.7. The Balaban J connectivity index is 1.39. The first kappa shape index (κ1) is 27.7. The third kappa shape index (κ3) is 8.66. The number of aromatic nitrogens is 1. The highest BCUT2D eigenvalue weighted by Gasteiger charge is 2.40. The van der Waals surface area contributed by atoms with Gasteiger partial charge in [0.25, 0.3) is 5.24 Å². The molecule has 0 N–H and O–H groups in total. The van der Waals surface area contributed by atoms with Crippen LogP contribution >= 0.6 is 11.8 Å². The maximum atomic E-state index is 12.7.